The minimum atomic E-state index is 0.503. The molecule has 1 aliphatic heterocycles. The number of hydrogen-bond acceptors (Lipinski definition) is 7. The molecule has 4 rings (SSSR count). The Labute approximate surface area is 161 Å². The fourth-order valence-corrected chi connectivity index (χ4v) is 3.77. The van der Waals surface area contributed by atoms with Crippen LogP contribution in [0.15, 0.2) is 59.0 Å². The summed E-state index contributed by atoms with van der Waals surface area (Å²) in [6, 6.07) is 12.0. The summed E-state index contributed by atoms with van der Waals surface area (Å²) in [5.41, 5.74) is 3.24. The van der Waals surface area contributed by atoms with Gasteiger partial charge in [-0.05, 0) is 18.2 Å². The fraction of sp³-hybridized carbons (Fsp3) is 0.158. The van der Waals surface area contributed by atoms with Crippen molar-refractivity contribution in [3.63, 3.8) is 0 Å². The van der Waals surface area contributed by atoms with Crippen LogP contribution >= 0.6 is 11.8 Å². The smallest absolute Gasteiger partial charge is 0.223 e. The number of thioether (sulfide) groups is 1. The third kappa shape index (κ3) is 3.64. The topological polar surface area (TPSA) is 91.5 Å². The molecule has 0 aliphatic carbocycles. The Morgan fingerprint density at radius 2 is 2.22 bits per heavy atom. The Morgan fingerprint density at radius 3 is 3.00 bits per heavy atom. The number of nitrogens with one attached hydrogen (secondary N) is 2. The number of allylic oxidation sites excluding steroid dienone is 1. The third-order valence-corrected chi connectivity index (χ3v) is 5.26. The van der Waals surface area contributed by atoms with E-state index in [9.17, 15) is 5.26 Å². The van der Waals surface area contributed by atoms with Gasteiger partial charge in [0.15, 0.2) is 0 Å². The first-order chi connectivity index (χ1) is 13.2. The maximum atomic E-state index is 9.69. The monoisotopic (exact) mass is 375 g/mol. The van der Waals surface area contributed by atoms with E-state index in [0.29, 0.717) is 23.8 Å². The van der Waals surface area contributed by atoms with E-state index in [1.165, 1.54) is 0 Å². The fourth-order valence-electron chi connectivity index (χ4n) is 2.77. The van der Waals surface area contributed by atoms with E-state index in [1.54, 1.807) is 30.4 Å². The van der Waals surface area contributed by atoms with Gasteiger partial charge in [-0.1, -0.05) is 23.9 Å². The molecule has 3 heterocycles. The molecule has 0 unspecified atom stereocenters. The van der Waals surface area contributed by atoms with Gasteiger partial charge < -0.3 is 15.2 Å². The van der Waals surface area contributed by atoms with E-state index >= 15 is 0 Å². The number of nitriles is 1. The normalized spacial score (nSPS) is 14.2. The number of aryl methyl sites for hydroxylation is 1. The van der Waals surface area contributed by atoms with Crippen molar-refractivity contribution in [2.75, 3.05) is 17.2 Å². The number of nitrogens with zero attached hydrogens (tertiary/aromatic N) is 5. The molecule has 1 aliphatic rings. The zero-order chi connectivity index (χ0) is 18.6. The van der Waals surface area contributed by atoms with Crippen LogP contribution < -0.4 is 10.6 Å². The van der Waals surface area contributed by atoms with Crippen LogP contribution in [0.4, 0.5) is 11.6 Å². The van der Waals surface area contributed by atoms with Crippen LogP contribution in [-0.4, -0.2) is 26.1 Å². The first kappa shape index (κ1) is 17.1. The van der Waals surface area contributed by atoms with E-state index < -0.39 is 0 Å². The molecule has 3 aromatic rings. The van der Waals surface area contributed by atoms with Crippen molar-refractivity contribution in [1.29, 1.82) is 5.26 Å². The van der Waals surface area contributed by atoms with Crippen LogP contribution in [0.1, 0.15) is 11.4 Å². The van der Waals surface area contributed by atoms with Gasteiger partial charge in [-0.3, -0.25) is 0 Å². The molecule has 0 fully saturated rings. The lowest BCUT2D eigenvalue weighted by atomic mass is 10.2. The summed E-state index contributed by atoms with van der Waals surface area (Å²) < 4.78 is 1.98. The maximum Gasteiger partial charge on any atom is 0.223 e. The van der Waals surface area contributed by atoms with Gasteiger partial charge in [0.05, 0.1) is 22.7 Å². The zero-order valence-corrected chi connectivity index (χ0v) is 15.5. The van der Waals surface area contributed by atoms with Gasteiger partial charge in [0.25, 0.3) is 0 Å². The maximum absolute atomic E-state index is 9.69. The molecular formula is C19H17N7S. The number of benzene rings is 1. The predicted octanol–water partition coefficient (Wildman–Crippen LogP) is 3.27. The summed E-state index contributed by atoms with van der Waals surface area (Å²) >= 11 is 1.54. The highest BCUT2D eigenvalue weighted by Crippen LogP contribution is 2.43. The highest BCUT2D eigenvalue weighted by atomic mass is 32.2. The Kier molecular flexibility index (Phi) is 4.77. The van der Waals surface area contributed by atoms with Gasteiger partial charge in [-0.25, -0.2) is 15.0 Å². The highest BCUT2D eigenvalue weighted by molar-refractivity contribution is 8.04. The molecule has 0 amide bonds. The van der Waals surface area contributed by atoms with Crippen LogP contribution in [0, 0.1) is 11.3 Å². The molecule has 0 atom stereocenters. The average molecular weight is 375 g/mol. The van der Waals surface area contributed by atoms with E-state index in [0.717, 1.165) is 27.7 Å². The molecule has 8 heteroatoms. The van der Waals surface area contributed by atoms with Gasteiger partial charge in [0.1, 0.15) is 11.6 Å². The van der Waals surface area contributed by atoms with Crippen molar-refractivity contribution in [3.05, 3.63) is 65.5 Å². The minimum Gasteiger partial charge on any atom is -0.354 e. The zero-order valence-electron chi connectivity index (χ0n) is 14.7. The number of aromatic nitrogens is 4. The second-order valence-electron chi connectivity index (χ2n) is 5.98. The summed E-state index contributed by atoms with van der Waals surface area (Å²) in [6.45, 7) is 0.680. The molecule has 0 radical (unpaired) electrons. The number of imidazole rings is 1. The molecule has 2 N–H and O–H groups in total. The van der Waals surface area contributed by atoms with Crippen LogP contribution in [0.25, 0.3) is 5.57 Å². The number of anilines is 2. The molecule has 134 valence electrons. The van der Waals surface area contributed by atoms with Gasteiger partial charge in [0.2, 0.25) is 5.95 Å². The van der Waals surface area contributed by atoms with Crippen molar-refractivity contribution < 1.29 is 0 Å². The second kappa shape index (κ2) is 7.51. The Morgan fingerprint density at radius 1 is 1.33 bits per heavy atom. The summed E-state index contributed by atoms with van der Waals surface area (Å²) in [4.78, 5) is 14.0. The van der Waals surface area contributed by atoms with Crippen LogP contribution in [0.3, 0.4) is 0 Å². The van der Waals surface area contributed by atoms with Crippen LogP contribution in [0.2, 0.25) is 0 Å². The van der Waals surface area contributed by atoms with E-state index in [4.69, 9.17) is 0 Å². The van der Waals surface area contributed by atoms with Crippen LogP contribution in [-0.2, 0) is 13.5 Å². The number of rotatable bonds is 5. The van der Waals surface area contributed by atoms with Gasteiger partial charge >= 0.3 is 0 Å². The summed E-state index contributed by atoms with van der Waals surface area (Å²) in [5.74, 6) is 0.503. The molecule has 27 heavy (non-hydrogen) atoms. The Hall–Kier alpha value is -3.31. The SMILES string of the molecule is Cn1cncc1CCNc1nccc(/C(C#N)=C2/Nc3ccccc3S2)n1. The van der Waals surface area contributed by atoms with Crippen molar-refractivity contribution in [1.82, 2.24) is 19.5 Å². The number of fused-ring (bicyclic) bond motifs is 1. The molecule has 1 aromatic carbocycles. The highest BCUT2D eigenvalue weighted by Gasteiger charge is 2.20. The molecule has 0 saturated heterocycles. The molecule has 0 bridgehead atoms. The van der Waals surface area contributed by atoms with Gasteiger partial charge in [0, 0.05) is 43.0 Å². The average Bonchev–Trinajstić information content (AvgIpc) is 3.29. The van der Waals surface area contributed by atoms with Crippen molar-refractivity contribution in [2.45, 2.75) is 11.3 Å². The standard InChI is InChI=1S/C19H17N7S/c1-26-12-21-11-13(26)6-8-22-19-23-9-7-15(25-19)14(10-20)18-24-16-4-2-3-5-17(16)27-18/h2-5,7,9,11-12,24H,6,8H2,1H3,(H,22,23,25)/b18-14-. The Bertz CT molecular complexity index is 1020. The van der Waals surface area contributed by atoms with E-state index in [2.05, 4.69) is 31.7 Å². The molecule has 2 aromatic heterocycles. The lowest BCUT2D eigenvalue weighted by Gasteiger charge is -2.08. The molecule has 7 nitrogen and oxygen atoms in total. The quantitative estimate of drug-likeness (QED) is 0.661. The first-order valence-electron chi connectivity index (χ1n) is 8.45. The van der Waals surface area contributed by atoms with Gasteiger partial charge in [-0.15, -0.1) is 0 Å². The molecule has 0 saturated carbocycles. The van der Waals surface area contributed by atoms with Gasteiger partial charge in [-0.2, -0.15) is 5.26 Å². The van der Waals surface area contributed by atoms with E-state index in [1.807, 2.05) is 42.1 Å². The molecule has 0 spiro atoms. The number of para-hydroxylation sites is 1. The first-order valence-corrected chi connectivity index (χ1v) is 9.27. The largest absolute Gasteiger partial charge is 0.354 e. The number of hydrogen-bond donors (Lipinski definition) is 2. The van der Waals surface area contributed by atoms with E-state index in [-0.39, 0.29) is 0 Å². The third-order valence-electron chi connectivity index (χ3n) is 4.18. The Balaban J connectivity index is 1.50. The summed E-state index contributed by atoms with van der Waals surface area (Å²) in [7, 11) is 1.97. The molecular weight excluding hydrogens is 358 g/mol. The van der Waals surface area contributed by atoms with Crippen molar-refractivity contribution >= 4 is 29.0 Å². The van der Waals surface area contributed by atoms with Crippen molar-refractivity contribution in [2.24, 2.45) is 7.05 Å². The summed E-state index contributed by atoms with van der Waals surface area (Å²) in [6.07, 6.45) is 6.10. The summed E-state index contributed by atoms with van der Waals surface area (Å²) in [5, 5.41) is 17.0. The van der Waals surface area contributed by atoms with Crippen molar-refractivity contribution in [3.8, 4) is 6.07 Å². The minimum absolute atomic E-state index is 0.503. The lowest BCUT2D eigenvalue weighted by molar-refractivity contribution is 0.813. The van der Waals surface area contributed by atoms with Crippen LogP contribution in [0.5, 0.6) is 0 Å². The second-order valence-corrected chi connectivity index (χ2v) is 7.03. The predicted molar refractivity (Wildman–Crippen MR) is 106 cm³/mol. The lowest BCUT2D eigenvalue weighted by Crippen LogP contribution is -2.10.